The third-order valence-corrected chi connectivity index (χ3v) is 4.93. The van der Waals surface area contributed by atoms with Gasteiger partial charge in [-0.2, -0.15) is 0 Å². The van der Waals surface area contributed by atoms with Crippen molar-refractivity contribution in [1.82, 2.24) is 5.32 Å². The average molecular weight is 239 g/mol. The molecule has 2 aliphatic rings. The second kappa shape index (κ2) is 3.71. The molecule has 0 aromatic heterocycles. The largest absolute Gasteiger partial charge is 0.369 e. The van der Waals surface area contributed by atoms with Gasteiger partial charge in [-0.3, -0.25) is 0 Å². The van der Waals surface area contributed by atoms with Crippen molar-refractivity contribution >= 4 is 0 Å². The van der Waals surface area contributed by atoms with Gasteiger partial charge in [-0.1, -0.05) is 13.8 Å². The van der Waals surface area contributed by atoms with Crippen molar-refractivity contribution in [1.29, 1.82) is 0 Å². The predicted molar refractivity (Wildman–Crippen MR) is 72.1 cm³/mol. The van der Waals surface area contributed by atoms with Crippen molar-refractivity contribution in [2.45, 2.75) is 71.6 Å². The zero-order valence-electron chi connectivity index (χ0n) is 12.6. The summed E-state index contributed by atoms with van der Waals surface area (Å²) < 4.78 is 6.24. The third kappa shape index (κ3) is 2.39. The van der Waals surface area contributed by atoms with Gasteiger partial charge < -0.3 is 10.1 Å². The molecule has 0 aromatic carbocycles. The summed E-state index contributed by atoms with van der Waals surface area (Å²) in [5, 5.41) is 3.57. The van der Waals surface area contributed by atoms with Crippen molar-refractivity contribution in [2.75, 3.05) is 7.05 Å². The van der Waals surface area contributed by atoms with Crippen LogP contribution in [0.25, 0.3) is 0 Å². The number of ether oxygens (including phenoxy) is 1. The van der Waals surface area contributed by atoms with Crippen molar-refractivity contribution in [3.05, 3.63) is 0 Å². The first kappa shape index (κ1) is 13.4. The number of hydrogen-bond acceptors (Lipinski definition) is 2. The van der Waals surface area contributed by atoms with Crippen molar-refractivity contribution in [3.8, 4) is 0 Å². The quantitative estimate of drug-likeness (QED) is 0.816. The molecule has 2 fully saturated rings. The van der Waals surface area contributed by atoms with Crippen LogP contribution in [-0.2, 0) is 4.74 Å². The van der Waals surface area contributed by atoms with E-state index in [4.69, 9.17) is 4.74 Å². The fourth-order valence-electron chi connectivity index (χ4n) is 3.97. The topological polar surface area (TPSA) is 21.3 Å². The molecule has 1 aliphatic carbocycles. The monoisotopic (exact) mass is 239 g/mol. The van der Waals surface area contributed by atoms with Gasteiger partial charge in [-0.15, -0.1) is 0 Å². The van der Waals surface area contributed by atoms with Gasteiger partial charge in [0.05, 0.1) is 11.2 Å². The van der Waals surface area contributed by atoms with Gasteiger partial charge in [0, 0.05) is 12.0 Å². The van der Waals surface area contributed by atoms with Gasteiger partial charge in [0.1, 0.15) is 0 Å². The van der Waals surface area contributed by atoms with Crippen LogP contribution in [0, 0.1) is 17.3 Å². The van der Waals surface area contributed by atoms with Gasteiger partial charge in [0.25, 0.3) is 0 Å². The lowest BCUT2D eigenvalue weighted by atomic mass is 9.78. The molecule has 0 radical (unpaired) electrons. The Kier molecular flexibility index (Phi) is 2.91. The Morgan fingerprint density at radius 3 is 1.82 bits per heavy atom. The lowest BCUT2D eigenvalue weighted by molar-refractivity contribution is -0.0784. The Hall–Kier alpha value is -0.0800. The van der Waals surface area contributed by atoms with E-state index in [1.54, 1.807) is 0 Å². The minimum absolute atomic E-state index is 0.00412. The molecular formula is C15H29NO. The van der Waals surface area contributed by atoms with Crippen LogP contribution >= 0.6 is 0 Å². The molecule has 17 heavy (non-hydrogen) atoms. The van der Waals surface area contributed by atoms with Crippen LogP contribution < -0.4 is 5.32 Å². The van der Waals surface area contributed by atoms with Crippen LogP contribution in [0.5, 0.6) is 0 Å². The molecule has 3 atom stereocenters. The molecule has 2 rings (SSSR count). The molecule has 1 saturated carbocycles. The van der Waals surface area contributed by atoms with Crippen LogP contribution in [0.1, 0.15) is 54.4 Å². The summed E-state index contributed by atoms with van der Waals surface area (Å²) in [5.74, 6) is 1.43. The highest BCUT2D eigenvalue weighted by atomic mass is 16.5. The molecule has 3 unspecified atom stereocenters. The molecule has 1 N–H and O–H groups in total. The van der Waals surface area contributed by atoms with Crippen LogP contribution in [0.15, 0.2) is 0 Å². The highest BCUT2D eigenvalue weighted by Gasteiger charge is 2.57. The van der Waals surface area contributed by atoms with E-state index >= 15 is 0 Å². The molecule has 100 valence electrons. The second-order valence-corrected chi connectivity index (χ2v) is 7.89. The average Bonchev–Trinajstić information content (AvgIpc) is 2.64. The van der Waals surface area contributed by atoms with E-state index in [0.717, 1.165) is 12.3 Å². The number of hydrogen-bond donors (Lipinski definition) is 1. The first-order valence-electron chi connectivity index (χ1n) is 6.96. The fourth-order valence-corrected chi connectivity index (χ4v) is 3.97. The van der Waals surface area contributed by atoms with E-state index in [-0.39, 0.29) is 11.2 Å². The summed E-state index contributed by atoms with van der Waals surface area (Å²) in [5.41, 5.74) is 0.550. The van der Waals surface area contributed by atoms with Crippen LogP contribution in [0.3, 0.4) is 0 Å². The van der Waals surface area contributed by atoms with E-state index in [9.17, 15) is 0 Å². The molecule has 0 amide bonds. The second-order valence-electron chi connectivity index (χ2n) is 7.89. The van der Waals surface area contributed by atoms with Crippen molar-refractivity contribution < 1.29 is 4.74 Å². The smallest absolute Gasteiger partial charge is 0.0677 e. The van der Waals surface area contributed by atoms with E-state index in [1.807, 2.05) is 0 Å². The molecule has 0 aromatic rings. The van der Waals surface area contributed by atoms with Gasteiger partial charge in [0.15, 0.2) is 0 Å². The highest BCUT2D eigenvalue weighted by molar-refractivity contribution is 5.09. The Bertz CT molecular complexity index is 306. The van der Waals surface area contributed by atoms with E-state index in [2.05, 4.69) is 53.9 Å². The zero-order chi connectivity index (χ0) is 13.1. The van der Waals surface area contributed by atoms with Gasteiger partial charge in [0.2, 0.25) is 0 Å². The normalized spacial score (nSPS) is 39.0. The molecule has 2 heteroatoms. The minimum Gasteiger partial charge on any atom is -0.369 e. The lowest BCUT2D eigenvalue weighted by Crippen LogP contribution is -2.45. The SMILES string of the molecule is CNC(C1CC1(C)C)C1CC(C)(C)OC1(C)C. The van der Waals surface area contributed by atoms with Gasteiger partial charge in [-0.05, 0) is 58.9 Å². The summed E-state index contributed by atoms with van der Waals surface area (Å²) in [6.07, 6.45) is 2.52. The maximum absolute atomic E-state index is 6.24. The molecule has 0 bridgehead atoms. The zero-order valence-corrected chi connectivity index (χ0v) is 12.6. The molecule has 1 saturated heterocycles. The number of rotatable bonds is 3. The Morgan fingerprint density at radius 1 is 1.00 bits per heavy atom. The summed E-state index contributed by atoms with van der Waals surface area (Å²) in [4.78, 5) is 0. The fraction of sp³-hybridized carbons (Fsp3) is 1.00. The number of nitrogens with one attached hydrogen (secondary N) is 1. The molecule has 1 aliphatic heterocycles. The lowest BCUT2D eigenvalue weighted by Gasteiger charge is -2.33. The molecule has 1 heterocycles. The minimum atomic E-state index is -0.00412. The molecule has 2 nitrogen and oxygen atoms in total. The van der Waals surface area contributed by atoms with Gasteiger partial charge >= 0.3 is 0 Å². The maximum atomic E-state index is 6.24. The third-order valence-electron chi connectivity index (χ3n) is 4.93. The predicted octanol–water partition coefficient (Wildman–Crippen LogP) is 3.21. The molecular weight excluding hydrogens is 210 g/mol. The van der Waals surface area contributed by atoms with Crippen LogP contribution in [-0.4, -0.2) is 24.3 Å². The first-order chi connectivity index (χ1) is 7.59. The maximum Gasteiger partial charge on any atom is 0.0677 e. The first-order valence-corrected chi connectivity index (χ1v) is 6.96. The Balaban J connectivity index is 2.15. The van der Waals surface area contributed by atoms with Crippen molar-refractivity contribution in [2.24, 2.45) is 17.3 Å². The van der Waals surface area contributed by atoms with Gasteiger partial charge in [-0.25, -0.2) is 0 Å². The molecule has 0 spiro atoms. The van der Waals surface area contributed by atoms with Crippen LogP contribution in [0.2, 0.25) is 0 Å². The van der Waals surface area contributed by atoms with E-state index < -0.39 is 0 Å². The summed E-state index contributed by atoms with van der Waals surface area (Å²) in [7, 11) is 2.11. The Morgan fingerprint density at radius 2 is 1.53 bits per heavy atom. The summed E-state index contributed by atoms with van der Waals surface area (Å²) >= 11 is 0. The summed E-state index contributed by atoms with van der Waals surface area (Å²) in [6.45, 7) is 13.7. The highest BCUT2D eigenvalue weighted by Crippen LogP contribution is 2.58. The van der Waals surface area contributed by atoms with Crippen LogP contribution in [0.4, 0.5) is 0 Å². The van der Waals surface area contributed by atoms with E-state index in [1.165, 1.54) is 6.42 Å². The summed E-state index contributed by atoms with van der Waals surface area (Å²) in [6, 6.07) is 0.599. The van der Waals surface area contributed by atoms with E-state index in [0.29, 0.717) is 17.4 Å². The standard InChI is InChI=1S/C15H29NO/c1-13(2)8-10(13)12(16-7)11-9-14(3,4)17-15(11,5)6/h10-12,16H,8-9H2,1-7H3. The Labute approximate surface area is 107 Å². The van der Waals surface area contributed by atoms with Crippen molar-refractivity contribution in [3.63, 3.8) is 0 Å².